The maximum Gasteiger partial charge on any atom is 0.419 e. The minimum atomic E-state index is -1.71. The molecule has 8 rings (SSSR count). The Kier molecular flexibility index (Phi) is 27.2. The number of rotatable bonds is 30. The predicted octanol–water partition coefficient (Wildman–Crippen LogP) is 10.5. The van der Waals surface area contributed by atoms with E-state index in [2.05, 4.69) is 31.9 Å². The van der Waals surface area contributed by atoms with Crippen molar-refractivity contribution >= 4 is 70.4 Å². The molecule has 3 heterocycles. The van der Waals surface area contributed by atoms with Gasteiger partial charge in [-0.05, 0) is 160 Å². The molecule has 5 aromatic carbocycles. The molecule has 8 amide bonds. The maximum atomic E-state index is 16.0. The number of aliphatic carboxylic acids is 1. The summed E-state index contributed by atoms with van der Waals surface area (Å²) in [4.78, 5) is 151. The smallest absolute Gasteiger partial charge is 0.419 e. The van der Waals surface area contributed by atoms with Crippen molar-refractivity contribution in [3.05, 3.63) is 192 Å². The average molecular weight is 1480 g/mol. The lowest BCUT2D eigenvalue weighted by Gasteiger charge is -2.37. The monoisotopic (exact) mass is 1480 g/mol. The quantitative estimate of drug-likeness (QED) is 0.0206. The van der Waals surface area contributed by atoms with Crippen molar-refractivity contribution in [1.82, 2.24) is 50.9 Å². The van der Waals surface area contributed by atoms with Crippen molar-refractivity contribution < 1.29 is 72.0 Å². The molecule has 1 fully saturated rings. The second-order valence-corrected chi connectivity index (χ2v) is 32.3. The van der Waals surface area contributed by atoms with Crippen LogP contribution in [0, 0.1) is 11.8 Å². The van der Waals surface area contributed by atoms with Gasteiger partial charge < -0.3 is 60.5 Å². The van der Waals surface area contributed by atoms with E-state index in [-0.39, 0.29) is 56.1 Å². The van der Waals surface area contributed by atoms with Crippen LogP contribution in [0.25, 0.3) is 10.9 Å². The third kappa shape index (κ3) is 22.7. The summed E-state index contributed by atoms with van der Waals surface area (Å²) in [5.41, 5.74) is -0.545. The zero-order valence-electron chi connectivity index (χ0n) is 64.8. The normalized spacial score (nSPS) is 15.3. The highest BCUT2D eigenvalue weighted by Gasteiger charge is 2.45. The molecule has 7 atom stereocenters. The molecule has 0 aliphatic carbocycles. The zero-order chi connectivity index (χ0) is 79.2. The average Bonchev–Trinajstić information content (AvgIpc) is 1.23. The fourth-order valence-electron chi connectivity index (χ4n) is 12.9. The second-order valence-electron chi connectivity index (χ2n) is 32.3. The number of nitrogens with one attached hydrogen (secondary N) is 6. The standard InChI is InChI=1S/C83H106N10O15/c1-51(2)42-61(70(95)89-65(76(101)102)43-52(3)4)85-71(96)62(44-53-36-38-59(39-37-53)106-80(8,9)10)86-74(99)66(49-105-79(5,6)7)90-72(97)63(45-54-47-92(77(103)107-81(11,12)13)67-35-27-26-34-60(54)67)87-73(98)64(88-75(100)68-40-41-69(94)93(68)78(104)108-82(14,15)16)46-58-48-91(50-84-58)83(55-28-20-17-21-29-55,56-30-22-18-23-31-56)57-32-24-19-25-33-57/h17-39,47-48,50-52,61-66,68H,40-46,49H2,1-16H3,(H,85,96)(H,86,99)(H,87,98)(H,88,100)(H,89,95)(H,90,97)(H,101,102)/t61-,62+,63+,64+,65+,66+,68+/m1/s1. The van der Waals surface area contributed by atoms with Crippen LogP contribution in [0.4, 0.5) is 9.59 Å². The number of hydrogen-bond acceptors (Lipinski definition) is 15. The van der Waals surface area contributed by atoms with Crippen LogP contribution in [0.1, 0.15) is 170 Å². The Morgan fingerprint density at radius 1 is 0.500 bits per heavy atom. The van der Waals surface area contributed by atoms with Crippen molar-refractivity contribution in [1.29, 1.82) is 0 Å². The van der Waals surface area contributed by atoms with Gasteiger partial charge in [-0.25, -0.2) is 24.3 Å². The van der Waals surface area contributed by atoms with Gasteiger partial charge in [-0.15, -0.1) is 0 Å². The molecule has 108 heavy (non-hydrogen) atoms. The summed E-state index contributed by atoms with van der Waals surface area (Å²) in [6.45, 7) is 27.6. The summed E-state index contributed by atoms with van der Waals surface area (Å²) in [5, 5.41) is 27.4. The lowest BCUT2D eigenvalue weighted by molar-refractivity contribution is -0.143. The van der Waals surface area contributed by atoms with E-state index in [0.29, 0.717) is 27.8 Å². The summed E-state index contributed by atoms with van der Waals surface area (Å²) in [6, 6.07) is 32.4. The molecule has 1 saturated heterocycles. The van der Waals surface area contributed by atoms with Gasteiger partial charge in [0.05, 0.1) is 29.7 Å². The molecule has 25 heteroatoms. The molecule has 0 unspecified atom stereocenters. The first-order valence-corrected chi connectivity index (χ1v) is 36.7. The summed E-state index contributed by atoms with van der Waals surface area (Å²) in [6.07, 6.45) is 1.93. The first kappa shape index (κ1) is 83.0. The van der Waals surface area contributed by atoms with Crippen LogP contribution < -0.4 is 36.6 Å². The Bertz CT molecular complexity index is 4200. The van der Waals surface area contributed by atoms with Crippen molar-refractivity contribution in [2.45, 2.75) is 226 Å². The highest BCUT2D eigenvalue weighted by Crippen LogP contribution is 2.41. The fraction of sp³-hybridized carbons (Fsp3) is 0.458. The number of carbonyl (C=O) groups is 10. The number of hydrogen-bond donors (Lipinski definition) is 7. The molecule has 0 spiro atoms. The summed E-state index contributed by atoms with van der Waals surface area (Å²) >= 11 is 0. The first-order chi connectivity index (χ1) is 50.7. The van der Waals surface area contributed by atoms with Crippen molar-refractivity contribution in [3.63, 3.8) is 0 Å². The van der Waals surface area contributed by atoms with Crippen LogP contribution >= 0.6 is 0 Å². The Hall–Kier alpha value is -10.7. The van der Waals surface area contributed by atoms with Crippen molar-refractivity contribution in [2.75, 3.05) is 6.61 Å². The molecule has 1 aliphatic heterocycles. The summed E-state index contributed by atoms with van der Waals surface area (Å²) < 4.78 is 27.0. The Balaban J connectivity index is 1.23. The highest BCUT2D eigenvalue weighted by molar-refractivity contribution is 6.03. The molecule has 0 saturated carbocycles. The number of carboxylic acids is 1. The number of imidazole rings is 1. The van der Waals surface area contributed by atoms with Crippen LogP contribution in [0.2, 0.25) is 0 Å². The molecule has 578 valence electrons. The number of benzene rings is 5. The van der Waals surface area contributed by atoms with Gasteiger partial charge in [0.25, 0.3) is 0 Å². The Labute approximate surface area is 632 Å². The van der Waals surface area contributed by atoms with E-state index in [1.54, 1.807) is 123 Å². The van der Waals surface area contributed by atoms with Crippen LogP contribution in [-0.4, -0.2) is 155 Å². The molecule has 2 aromatic heterocycles. The van der Waals surface area contributed by atoms with E-state index in [4.69, 9.17) is 23.9 Å². The molecule has 25 nitrogen and oxygen atoms in total. The topological polar surface area (TPSA) is 326 Å². The number of fused-ring (bicyclic) bond motifs is 1. The van der Waals surface area contributed by atoms with Gasteiger partial charge in [0.1, 0.15) is 70.4 Å². The first-order valence-electron chi connectivity index (χ1n) is 36.7. The van der Waals surface area contributed by atoms with Crippen LogP contribution in [-0.2, 0) is 77.4 Å². The van der Waals surface area contributed by atoms with Crippen LogP contribution in [0.5, 0.6) is 5.75 Å². The van der Waals surface area contributed by atoms with E-state index in [1.807, 2.05) is 144 Å². The predicted molar refractivity (Wildman–Crippen MR) is 408 cm³/mol. The largest absolute Gasteiger partial charge is 0.488 e. The van der Waals surface area contributed by atoms with E-state index < -0.39 is 143 Å². The van der Waals surface area contributed by atoms with Crippen molar-refractivity contribution in [3.8, 4) is 5.75 Å². The molecule has 7 aromatic rings. The lowest BCUT2D eigenvalue weighted by Crippen LogP contribution is -2.61. The van der Waals surface area contributed by atoms with Crippen LogP contribution in [0.15, 0.2) is 158 Å². The van der Waals surface area contributed by atoms with Gasteiger partial charge in [-0.3, -0.25) is 38.1 Å². The maximum absolute atomic E-state index is 16.0. The van der Waals surface area contributed by atoms with Gasteiger partial charge in [0.15, 0.2) is 0 Å². The number of imide groups is 1. The highest BCUT2D eigenvalue weighted by atomic mass is 16.6. The third-order valence-corrected chi connectivity index (χ3v) is 17.6. The summed E-state index contributed by atoms with van der Waals surface area (Å²) in [7, 11) is 0. The zero-order valence-corrected chi connectivity index (χ0v) is 64.8. The number of ether oxygens (including phenoxy) is 4. The molecular weight excluding hydrogens is 1380 g/mol. The number of aromatic nitrogens is 3. The van der Waals surface area contributed by atoms with E-state index >= 15 is 24.0 Å². The number of carboxylic acid groups (broad SMARTS) is 1. The molecule has 7 N–H and O–H groups in total. The number of likely N-dealkylation sites (tertiary alicyclic amines) is 1. The van der Waals surface area contributed by atoms with E-state index in [9.17, 15) is 29.1 Å². The van der Waals surface area contributed by atoms with Gasteiger partial charge in [0, 0.05) is 43.5 Å². The second kappa shape index (κ2) is 35.4. The number of amides is 8. The van der Waals surface area contributed by atoms with Gasteiger partial charge in [-0.1, -0.05) is 149 Å². The van der Waals surface area contributed by atoms with Gasteiger partial charge in [0.2, 0.25) is 41.4 Å². The fourth-order valence-corrected chi connectivity index (χ4v) is 12.9. The lowest BCUT2D eigenvalue weighted by atomic mass is 9.77. The minimum absolute atomic E-state index is 0.0722. The molecule has 0 bridgehead atoms. The van der Waals surface area contributed by atoms with Crippen LogP contribution in [0.3, 0.4) is 0 Å². The third-order valence-electron chi connectivity index (χ3n) is 17.6. The van der Waals surface area contributed by atoms with Gasteiger partial charge >= 0.3 is 18.2 Å². The Morgan fingerprint density at radius 2 is 0.954 bits per heavy atom. The number of para-hydroxylation sites is 1. The minimum Gasteiger partial charge on any atom is -0.488 e. The Morgan fingerprint density at radius 3 is 1.46 bits per heavy atom. The van der Waals surface area contributed by atoms with Gasteiger partial charge in [-0.2, -0.15) is 0 Å². The van der Waals surface area contributed by atoms with E-state index in [0.717, 1.165) is 21.6 Å². The molecular formula is C83H106N10O15. The summed E-state index contributed by atoms with van der Waals surface area (Å²) in [5.74, 6) is -7.13. The molecule has 0 radical (unpaired) electrons. The van der Waals surface area contributed by atoms with E-state index in [1.165, 1.54) is 10.8 Å². The number of carbonyl (C=O) groups excluding carboxylic acids is 9. The molecule has 1 aliphatic rings. The van der Waals surface area contributed by atoms with Crippen molar-refractivity contribution in [2.24, 2.45) is 11.8 Å². The SMILES string of the molecule is CC(C)C[C@H](NC(=O)[C@@H](CC(C)C)NC(=O)[C@H](Cc1ccc(OC(C)(C)C)cc1)NC(=O)[C@H](COC(C)(C)C)NC(=O)[C@H](Cc1cn(C(=O)OC(C)(C)C)c2ccccc12)NC(=O)[C@H](Cc1cn(C(c2ccccc2)(c2ccccc2)c2ccccc2)cn1)NC(=O)[C@@H]1CCC(=O)N1C(=O)OC(C)(C)C)C(=O)O. The number of nitrogens with zero attached hydrogens (tertiary/aromatic N) is 4.